The molecule has 0 heterocycles. The highest BCUT2D eigenvalue weighted by atomic mass is 16.5. The Labute approximate surface area is 91.4 Å². The number of nitrogen functional groups attached to an aromatic ring is 1. The molecule has 82 valence electrons. The first-order valence-corrected chi connectivity index (χ1v) is 5.77. The molecule has 2 nitrogen and oxygen atoms in total. The van der Waals surface area contributed by atoms with Crippen LogP contribution >= 0.6 is 0 Å². The van der Waals surface area contributed by atoms with Crippen molar-refractivity contribution in [2.75, 3.05) is 18.9 Å². The number of hydrogen-bond donors (Lipinski definition) is 1. The smallest absolute Gasteiger partial charge is 0.0506 e. The van der Waals surface area contributed by atoms with Gasteiger partial charge in [0.05, 0.1) is 6.61 Å². The van der Waals surface area contributed by atoms with Crippen LogP contribution in [0.15, 0.2) is 24.3 Å². The Hall–Kier alpha value is -1.02. The van der Waals surface area contributed by atoms with E-state index in [0.29, 0.717) is 0 Å². The predicted molar refractivity (Wildman–Crippen MR) is 62.7 cm³/mol. The largest absolute Gasteiger partial charge is 0.399 e. The van der Waals surface area contributed by atoms with E-state index in [1.807, 2.05) is 12.1 Å². The van der Waals surface area contributed by atoms with Crippen LogP contribution in [0.1, 0.15) is 24.8 Å². The fourth-order valence-electron chi connectivity index (χ4n) is 1.63. The number of nitrogens with two attached hydrogens (primary N) is 1. The zero-order valence-electron chi connectivity index (χ0n) is 9.11. The number of rotatable bonds is 6. The van der Waals surface area contributed by atoms with Gasteiger partial charge in [-0.05, 0) is 36.5 Å². The van der Waals surface area contributed by atoms with Gasteiger partial charge in [-0.1, -0.05) is 25.0 Å². The molecule has 0 radical (unpaired) electrons. The molecule has 1 saturated carbocycles. The molecule has 1 aromatic carbocycles. The second-order valence-electron chi connectivity index (χ2n) is 4.34. The van der Waals surface area contributed by atoms with Crippen LogP contribution in [0.3, 0.4) is 0 Å². The van der Waals surface area contributed by atoms with Gasteiger partial charge in [-0.3, -0.25) is 0 Å². The van der Waals surface area contributed by atoms with E-state index in [1.165, 1.54) is 24.8 Å². The maximum absolute atomic E-state index is 5.61. The first-order valence-electron chi connectivity index (χ1n) is 5.77. The minimum atomic E-state index is 0.827. The SMILES string of the molecule is Nc1ccc(CCOCCC2CC2)cc1. The average molecular weight is 205 g/mol. The van der Waals surface area contributed by atoms with Gasteiger partial charge in [-0.2, -0.15) is 0 Å². The fraction of sp³-hybridized carbons (Fsp3) is 0.538. The summed E-state index contributed by atoms with van der Waals surface area (Å²) >= 11 is 0. The van der Waals surface area contributed by atoms with Crippen molar-refractivity contribution in [3.63, 3.8) is 0 Å². The molecule has 0 aliphatic heterocycles. The molecule has 2 rings (SSSR count). The first kappa shape index (κ1) is 10.5. The van der Waals surface area contributed by atoms with Gasteiger partial charge in [-0.15, -0.1) is 0 Å². The quantitative estimate of drug-likeness (QED) is 0.572. The lowest BCUT2D eigenvalue weighted by Gasteiger charge is -2.04. The molecular formula is C13H19NO. The van der Waals surface area contributed by atoms with Crippen molar-refractivity contribution in [3.8, 4) is 0 Å². The fourth-order valence-corrected chi connectivity index (χ4v) is 1.63. The van der Waals surface area contributed by atoms with Crippen LogP contribution in [0.2, 0.25) is 0 Å². The van der Waals surface area contributed by atoms with Crippen LogP contribution < -0.4 is 5.73 Å². The standard InChI is InChI=1S/C13H19NO/c14-13-5-3-12(4-6-13)8-10-15-9-7-11-1-2-11/h3-6,11H,1-2,7-10,14H2. The lowest BCUT2D eigenvalue weighted by Crippen LogP contribution is -2.01. The molecule has 0 saturated heterocycles. The van der Waals surface area contributed by atoms with Crippen LogP contribution in [0, 0.1) is 5.92 Å². The van der Waals surface area contributed by atoms with Gasteiger partial charge in [0.25, 0.3) is 0 Å². The van der Waals surface area contributed by atoms with E-state index in [4.69, 9.17) is 10.5 Å². The Morgan fingerprint density at radius 2 is 1.87 bits per heavy atom. The monoisotopic (exact) mass is 205 g/mol. The molecule has 0 unspecified atom stereocenters. The highest BCUT2D eigenvalue weighted by Gasteiger charge is 2.20. The molecule has 1 aliphatic carbocycles. The summed E-state index contributed by atoms with van der Waals surface area (Å²) in [5.74, 6) is 0.974. The summed E-state index contributed by atoms with van der Waals surface area (Å²) in [6.45, 7) is 1.76. The minimum absolute atomic E-state index is 0.827. The van der Waals surface area contributed by atoms with Crippen LogP contribution in [-0.2, 0) is 11.2 Å². The van der Waals surface area contributed by atoms with Crippen molar-refractivity contribution >= 4 is 5.69 Å². The maximum atomic E-state index is 5.61. The minimum Gasteiger partial charge on any atom is -0.399 e. The Bertz CT molecular complexity index is 290. The lowest BCUT2D eigenvalue weighted by atomic mass is 10.1. The summed E-state index contributed by atoms with van der Waals surface area (Å²) in [5, 5.41) is 0. The Balaban J connectivity index is 1.58. The Kier molecular flexibility index (Phi) is 3.62. The van der Waals surface area contributed by atoms with Gasteiger partial charge in [-0.25, -0.2) is 0 Å². The summed E-state index contributed by atoms with van der Waals surface area (Å²) in [5.41, 5.74) is 7.74. The molecule has 1 fully saturated rings. The van der Waals surface area contributed by atoms with Gasteiger partial charge >= 0.3 is 0 Å². The van der Waals surface area contributed by atoms with Crippen molar-refractivity contribution in [1.82, 2.24) is 0 Å². The number of ether oxygens (including phenoxy) is 1. The highest BCUT2D eigenvalue weighted by Crippen LogP contribution is 2.32. The molecule has 2 heteroatoms. The van der Waals surface area contributed by atoms with E-state index in [1.54, 1.807) is 0 Å². The van der Waals surface area contributed by atoms with Gasteiger partial charge in [0, 0.05) is 12.3 Å². The molecule has 0 spiro atoms. The van der Waals surface area contributed by atoms with E-state index in [-0.39, 0.29) is 0 Å². The number of anilines is 1. The summed E-state index contributed by atoms with van der Waals surface area (Å²) < 4.78 is 5.59. The second kappa shape index (κ2) is 5.17. The zero-order chi connectivity index (χ0) is 10.5. The summed E-state index contributed by atoms with van der Waals surface area (Å²) in [4.78, 5) is 0. The van der Waals surface area contributed by atoms with Crippen molar-refractivity contribution < 1.29 is 4.74 Å². The van der Waals surface area contributed by atoms with E-state index in [2.05, 4.69) is 12.1 Å². The summed E-state index contributed by atoms with van der Waals surface area (Å²) in [6.07, 6.45) is 5.08. The summed E-state index contributed by atoms with van der Waals surface area (Å²) in [7, 11) is 0. The van der Waals surface area contributed by atoms with Gasteiger partial charge in [0.15, 0.2) is 0 Å². The molecular weight excluding hydrogens is 186 g/mol. The zero-order valence-corrected chi connectivity index (χ0v) is 9.11. The van der Waals surface area contributed by atoms with E-state index < -0.39 is 0 Å². The van der Waals surface area contributed by atoms with Crippen LogP contribution in [0.25, 0.3) is 0 Å². The Morgan fingerprint density at radius 1 is 1.13 bits per heavy atom. The second-order valence-corrected chi connectivity index (χ2v) is 4.34. The average Bonchev–Trinajstić information content (AvgIpc) is 3.04. The van der Waals surface area contributed by atoms with Crippen molar-refractivity contribution in [3.05, 3.63) is 29.8 Å². The molecule has 15 heavy (non-hydrogen) atoms. The van der Waals surface area contributed by atoms with Crippen molar-refractivity contribution in [1.29, 1.82) is 0 Å². The van der Waals surface area contributed by atoms with Crippen LogP contribution in [0.5, 0.6) is 0 Å². The molecule has 0 atom stereocenters. The Morgan fingerprint density at radius 3 is 2.53 bits per heavy atom. The van der Waals surface area contributed by atoms with Crippen LogP contribution in [-0.4, -0.2) is 13.2 Å². The van der Waals surface area contributed by atoms with Gasteiger partial charge < -0.3 is 10.5 Å². The third kappa shape index (κ3) is 3.92. The molecule has 0 amide bonds. The molecule has 0 aromatic heterocycles. The highest BCUT2D eigenvalue weighted by molar-refractivity contribution is 5.39. The van der Waals surface area contributed by atoms with Crippen LogP contribution in [0.4, 0.5) is 5.69 Å². The molecule has 0 bridgehead atoms. The maximum Gasteiger partial charge on any atom is 0.0506 e. The topological polar surface area (TPSA) is 35.2 Å². The third-order valence-corrected chi connectivity index (χ3v) is 2.88. The van der Waals surface area contributed by atoms with Gasteiger partial charge in [0.1, 0.15) is 0 Å². The van der Waals surface area contributed by atoms with Crippen molar-refractivity contribution in [2.24, 2.45) is 5.92 Å². The van der Waals surface area contributed by atoms with Crippen molar-refractivity contribution in [2.45, 2.75) is 25.7 Å². The molecule has 1 aromatic rings. The van der Waals surface area contributed by atoms with E-state index in [9.17, 15) is 0 Å². The number of hydrogen-bond acceptors (Lipinski definition) is 2. The first-order chi connectivity index (χ1) is 7.34. The molecule has 1 aliphatic rings. The summed E-state index contributed by atoms with van der Waals surface area (Å²) in [6, 6.07) is 8.03. The number of benzene rings is 1. The van der Waals surface area contributed by atoms with E-state index >= 15 is 0 Å². The predicted octanol–water partition coefficient (Wildman–Crippen LogP) is 2.63. The third-order valence-electron chi connectivity index (χ3n) is 2.88. The lowest BCUT2D eigenvalue weighted by molar-refractivity contribution is 0.131. The molecule has 2 N–H and O–H groups in total. The van der Waals surface area contributed by atoms with Gasteiger partial charge in [0.2, 0.25) is 0 Å². The normalized spacial score (nSPS) is 15.5. The van der Waals surface area contributed by atoms with E-state index in [0.717, 1.165) is 31.2 Å².